The molecular formula is C21H23N5O3. The maximum absolute atomic E-state index is 12.7. The molecule has 0 bridgehead atoms. The number of hydrogen-bond donors (Lipinski definition) is 1. The SMILES string of the molecule is CC(C(=O)Nc1cccc([N+](=O)[O-])c1)N1CCCN(c2ccccc2C#N)CC1. The molecule has 3 rings (SSSR count). The van der Waals surface area contributed by atoms with Gasteiger partial charge in [-0.15, -0.1) is 0 Å². The van der Waals surface area contributed by atoms with Gasteiger partial charge in [0.15, 0.2) is 0 Å². The fraction of sp³-hybridized carbons (Fsp3) is 0.333. The Morgan fingerprint density at radius 3 is 2.72 bits per heavy atom. The molecule has 1 aliphatic heterocycles. The van der Waals surface area contributed by atoms with Crippen LogP contribution in [0.4, 0.5) is 17.1 Å². The largest absolute Gasteiger partial charge is 0.369 e. The van der Waals surface area contributed by atoms with Crippen molar-refractivity contribution in [1.29, 1.82) is 5.26 Å². The van der Waals surface area contributed by atoms with E-state index in [4.69, 9.17) is 0 Å². The molecule has 1 aliphatic rings. The zero-order valence-corrected chi connectivity index (χ0v) is 16.2. The molecule has 1 unspecified atom stereocenters. The number of hydrogen-bond acceptors (Lipinski definition) is 6. The second-order valence-corrected chi connectivity index (χ2v) is 6.98. The Morgan fingerprint density at radius 1 is 1.17 bits per heavy atom. The zero-order chi connectivity index (χ0) is 20.8. The molecule has 1 heterocycles. The minimum atomic E-state index is -0.485. The number of nitrogens with one attached hydrogen (secondary N) is 1. The molecule has 8 nitrogen and oxygen atoms in total. The van der Waals surface area contributed by atoms with Crippen molar-refractivity contribution in [1.82, 2.24) is 4.90 Å². The molecule has 29 heavy (non-hydrogen) atoms. The van der Waals surface area contributed by atoms with Crippen molar-refractivity contribution in [2.45, 2.75) is 19.4 Å². The minimum Gasteiger partial charge on any atom is -0.369 e. The number of non-ortho nitro benzene ring substituents is 1. The molecule has 0 radical (unpaired) electrons. The van der Waals surface area contributed by atoms with Crippen LogP contribution in [0.5, 0.6) is 0 Å². The van der Waals surface area contributed by atoms with Gasteiger partial charge in [-0.2, -0.15) is 5.26 Å². The maximum Gasteiger partial charge on any atom is 0.271 e. The summed E-state index contributed by atoms with van der Waals surface area (Å²) in [5.41, 5.74) is 1.93. The van der Waals surface area contributed by atoms with E-state index >= 15 is 0 Å². The third kappa shape index (κ3) is 4.89. The lowest BCUT2D eigenvalue weighted by atomic mass is 10.1. The van der Waals surface area contributed by atoms with Crippen molar-refractivity contribution in [2.24, 2.45) is 0 Å². The van der Waals surface area contributed by atoms with Crippen molar-refractivity contribution >= 4 is 23.0 Å². The summed E-state index contributed by atoms with van der Waals surface area (Å²) >= 11 is 0. The lowest BCUT2D eigenvalue weighted by molar-refractivity contribution is -0.384. The summed E-state index contributed by atoms with van der Waals surface area (Å²) in [6.45, 7) is 4.81. The summed E-state index contributed by atoms with van der Waals surface area (Å²) in [4.78, 5) is 27.4. The van der Waals surface area contributed by atoms with E-state index in [0.717, 1.165) is 25.2 Å². The molecule has 1 amide bonds. The first-order chi connectivity index (χ1) is 14.0. The van der Waals surface area contributed by atoms with Crippen LogP contribution in [0, 0.1) is 21.4 Å². The van der Waals surface area contributed by atoms with E-state index in [-0.39, 0.29) is 17.6 Å². The molecule has 2 aromatic rings. The molecule has 0 aliphatic carbocycles. The molecule has 1 N–H and O–H groups in total. The van der Waals surface area contributed by atoms with Gasteiger partial charge in [0.25, 0.3) is 5.69 Å². The molecule has 2 aromatic carbocycles. The summed E-state index contributed by atoms with van der Waals surface area (Å²) in [5, 5.41) is 23.0. The Hall–Kier alpha value is -3.44. The summed E-state index contributed by atoms with van der Waals surface area (Å²) < 4.78 is 0. The number of carbonyl (C=O) groups excluding carboxylic acids is 1. The Kier molecular flexibility index (Phi) is 6.42. The van der Waals surface area contributed by atoms with Crippen LogP contribution in [0.2, 0.25) is 0 Å². The van der Waals surface area contributed by atoms with Gasteiger partial charge in [0.1, 0.15) is 6.07 Å². The van der Waals surface area contributed by atoms with E-state index in [9.17, 15) is 20.2 Å². The third-order valence-corrected chi connectivity index (χ3v) is 5.15. The monoisotopic (exact) mass is 393 g/mol. The van der Waals surface area contributed by atoms with Gasteiger partial charge >= 0.3 is 0 Å². The van der Waals surface area contributed by atoms with Crippen LogP contribution in [0.15, 0.2) is 48.5 Å². The first-order valence-electron chi connectivity index (χ1n) is 9.53. The van der Waals surface area contributed by atoms with E-state index < -0.39 is 4.92 Å². The summed E-state index contributed by atoms with van der Waals surface area (Å²) in [7, 11) is 0. The second-order valence-electron chi connectivity index (χ2n) is 6.98. The van der Waals surface area contributed by atoms with Crippen molar-refractivity contribution in [3.63, 3.8) is 0 Å². The number of nitriles is 1. The highest BCUT2D eigenvalue weighted by Gasteiger charge is 2.25. The van der Waals surface area contributed by atoms with Crippen LogP contribution >= 0.6 is 0 Å². The second kappa shape index (κ2) is 9.17. The molecule has 0 aromatic heterocycles. The smallest absolute Gasteiger partial charge is 0.271 e. The van der Waals surface area contributed by atoms with Gasteiger partial charge < -0.3 is 10.2 Å². The van der Waals surface area contributed by atoms with Crippen LogP contribution in [-0.2, 0) is 4.79 Å². The standard InChI is InChI=1S/C21H23N5O3/c1-16(21(27)23-18-7-4-8-19(14-18)26(28)29)24-10-5-11-25(13-12-24)20-9-3-2-6-17(20)15-22/h2-4,6-9,14,16H,5,10-13H2,1H3,(H,23,27). The molecule has 8 heteroatoms. The van der Waals surface area contributed by atoms with Crippen LogP contribution in [-0.4, -0.2) is 48.0 Å². The van der Waals surface area contributed by atoms with Crippen LogP contribution < -0.4 is 10.2 Å². The topological polar surface area (TPSA) is 103 Å². The van der Waals surface area contributed by atoms with Gasteiger partial charge in [0, 0.05) is 44.0 Å². The first kappa shape index (κ1) is 20.3. The number of carbonyl (C=O) groups is 1. The molecule has 1 fully saturated rings. The van der Waals surface area contributed by atoms with Gasteiger partial charge in [0.05, 0.1) is 22.2 Å². The number of para-hydroxylation sites is 1. The third-order valence-electron chi connectivity index (χ3n) is 5.15. The van der Waals surface area contributed by atoms with Gasteiger partial charge in [-0.05, 0) is 31.5 Å². The molecular weight excluding hydrogens is 370 g/mol. The van der Waals surface area contributed by atoms with Crippen LogP contribution in [0.1, 0.15) is 18.9 Å². The summed E-state index contributed by atoms with van der Waals surface area (Å²) in [5.74, 6) is -0.198. The highest BCUT2D eigenvalue weighted by atomic mass is 16.6. The Morgan fingerprint density at radius 2 is 1.97 bits per heavy atom. The minimum absolute atomic E-state index is 0.0583. The predicted molar refractivity (Wildman–Crippen MR) is 111 cm³/mol. The number of amides is 1. The maximum atomic E-state index is 12.7. The molecule has 0 spiro atoms. The number of anilines is 2. The zero-order valence-electron chi connectivity index (χ0n) is 16.2. The molecule has 150 valence electrons. The van der Waals surface area contributed by atoms with E-state index in [0.29, 0.717) is 24.3 Å². The number of nitro benzene ring substituents is 1. The highest BCUT2D eigenvalue weighted by Crippen LogP contribution is 2.22. The predicted octanol–water partition coefficient (Wildman–Crippen LogP) is 3.01. The Labute approximate surface area is 169 Å². The van der Waals surface area contributed by atoms with Gasteiger partial charge in [-0.25, -0.2) is 0 Å². The Balaban J connectivity index is 1.64. The van der Waals surface area contributed by atoms with Crippen LogP contribution in [0.25, 0.3) is 0 Å². The molecule has 1 saturated heterocycles. The fourth-order valence-corrected chi connectivity index (χ4v) is 3.52. The van der Waals surface area contributed by atoms with Gasteiger partial charge in [-0.3, -0.25) is 19.8 Å². The molecule has 1 atom stereocenters. The van der Waals surface area contributed by atoms with E-state index in [2.05, 4.69) is 21.2 Å². The van der Waals surface area contributed by atoms with Gasteiger partial charge in [-0.1, -0.05) is 18.2 Å². The number of nitro groups is 1. The van der Waals surface area contributed by atoms with Gasteiger partial charge in [0.2, 0.25) is 5.91 Å². The summed E-state index contributed by atoms with van der Waals surface area (Å²) in [6, 6.07) is 15.3. The van der Waals surface area contributed by atoms with E-state index in [1.807, 2.05) is 31.2 Å². The average molecular weight is 393 g/mol. The molecule has 0 saturated carbocycles. The van der Waals surface area contributed by atoms with Crippen molar-refractivity contribution in [3.05, 3.63) is 64.2 Å². The van der Waals surface area contributed by atoms with E-state index in [1.54, 1.807) is 12.1 Å². The fourth-order valence-electron chi connectivity index (χ4n) is 3.52. The van der Waals surface area contributed by atoms with Crippen molar-refractivity contribution in [2.75, 3.05) is 36.4 Å². The lowest BCUT2D eigenvalue weighted by Crippen LogP contribution is -2.44. The first-order valence-corrected chi connectivity index (χ1v) is 9.53. The number of benzene rings is 2. The average Bonchev–Trinajstić information content (AvgIpc) is 2.99. The highest BCUT2D eigenvalue weighted by molar-refractivity contribution is 5.94. The number of rotatable bonds is 5. The van der Waals surface area contributed by atoms with Crippen molar-refractivity contribution < 1.29 is 9.72 Å². The number of nitrogens with zero attached hydrogens (tertiary/aromatic N) is 4. The van der Waals surface area contributed by atoms with Crippen LogP contribution in [0.3, 0.4) is 0 Å². The lowest BCUT2D eigenvalue weighted by Gasteiger charge is -2.27. The quantitative estimate of drug-likeness (QED) is 0.619. The van der Waals surface area contributed by atoms with E-state index in [1.165, 1.54) is 12.1 Å². The van der Waals surface area contributed by atoms with Crippen molar-refractivity contribution in [3.8, 4) is 6.07 Å². The summed E-state index contributed by atoms with van der Waals surface area (Å²) in [6.07, 6.45) is 0.869. The normalized spacial score (nSPS) is 15.8. The Bertz CT molecular complexity index is 940.